The van der Waals surface area contributed by atoms with Gasteiger partial charge < -0.3 is 0 Å². The normalized spacial score (nSPS) is 9.50. The second-order valence-corrected chi connectivity index (χ2v) is 3.51. The zero-order chi connectivity index (χ0) is 10.3. The Bertz CT molecular complexity index is 346. The standard InChI is InChI=1S/C14H14N.H2S/c1-3-7-13(8-4-1)11-15-12-14-9-5-2-6-10-14;/h1-10H,11-12H2;1H2. The smallest absolute Gasteiger partial charge is 0.0388 e. The Morgan fingerprint density at radius 1 is 0.625 bits per heavy atom. The summed E-state index contributed by atoms with van der Waals surface area (Å²) in [6.45, 7) is 1.60. The van der Waals surface area contributed by atoms with Crippen molar-refractivity contribution in [3.05, 3.63) is 71.8 Å². The second-order valence-electron chi connectivity index (χ2n) is 3.51. The lowest BCUT2D eigenvalue weighted by molar-refractivity contribution is 0.677. The van der Waals surface area contributed by atoms with Crippen LogP contribution in [-0.4, -0.2) is 0 Å². The third kappa shape index (κ3) is 4.09. The van der Waals surface area contributed by atoms with Gasteiger partial charge in [-0.1, -0.05) is 60.7 Å². The minimum atomic E-state index is 0. The maximum atomic E-state index is 4.51. The van der Waals surface area contributed by atoms with Crippen LogP contribution in [0.1, 0.15) is 11.1 Å². The summed E-state index contributed by atoms with van der Waals surface area (Å²) in [4.78, 5) is 0. The van der Waals surface area contributed by atoms with Crippen LogP contribution in [0.2, 0.25) is 0 Å². The average molecular weight is 230 g/mol. The van der Waals surface area contributed by atoms with Crippen molar-refractivity contribution in [3.8, 4) is 0 Å². The topological polar surface area (TPSA) is 14.1 Å². The first-order chi connectivity index (χ1) is 7.45. The molecule has 0 atom stereocenters. The number of rotatable bonds is 4. The van der Waals surface area contributed by atoms with E-state index in [9.17, 15) is 0 Å². The van der Waals surface area contributed by atoms with Crippen molar-refractivity contribution in [1.29, 1.82) is 0 Å². The Morgan fingerprint density at radius 3 is 1.38 bits per heavy atom. The summed E-state index contributed by atoms with van der Waals surface area (Å²) in [5.41, 5.74) is 2.54. The molecular formula is C14H16NS. The molecule has 16 heavy (non-hydrogen) atoms. The van der Waals surface area contributed by atoms with Gasteiger partial charge in [0.15, 0.2) is 0 Å². The molecule has 0 unspecified atom stereocenters. The lowest BCUT2D eigenvalue weighted by Crippen LogP contribution is -2.04. The molecule has 2 aromatic rings. The molecule has 0 saturated carbocycles. The molecular weight excluding hydrogens is 214 g/mol. The van der Waals surface area contributed by atoms with Gasteiger partial charge in [-0.15, -0.1) is 0 Å². The van der Waals surface area contributed by atoms with Crippen molar-refractivity contribution in [2.24, 2.45) is 0 Å². The third-order valence-corrected chi connectivity index (χ3v) is 2.27. The Kier molecular flexibility index (Phi) is 5.68. The number of benzene rings is 2. The van der Waals surface area contributed by atoms with E-state index in [1.807, 2.05) is 36.4 Å². The van der Waals surface area contributed by atoms with Gasteiger partial charge in [0.1, 0.15) is 0 Å². The van der Waals surface area contributed by atoms with Crippen LogP contribution in [0, 0.1) is 0 Å². The lowest BCUT2D eigenvalue weighted by atomic mass is 10.2. The fourth-order valence-electron chi connectivity index (χ4n) is 1.48. The van der Waals surface area contributed by atoms with E-state index >= 15 is 0 Å². The molecule has 0 heterocycles. The predicted molar refractivity (Wildman–Crippen MR) is 72.8 cm³/mol. The monoisotopic (exact) mass is 230 g/mol. The van der Waals surface area contributed by atoms with E-state index in [4.69, 9.17) is 0 Å². The Morgan fingerprint density at radius 2 is 1.00 bits per heavy atom. The highest BCUT2D eigenvalue weighted by molar-refractivity contribution is 7.59. The van der Waals surface area contributed by atoms with Gasteiger partial charge in [-0.2, -0.15) is 13.5 Å². The summed E-state index contributed by atoms with van der Waals surface area (Å²) in [5.74, 6) is 0. The molecule has 0 aliphatic carbocycles. The van der Waals surface area contributed by atoms with Crippen molar-refractivity contribution in [3.63, 3.8) is 0 Å². The second kappa shape index (κ2) is 7.09. The SMILES string of the molecule is S.c1ccc(C[N]Cc2ccccc2)cc1. The highest BCUT2D eigenvalue weighted by Gasteiger charge is 1.93. The van der Waals surface area contributed by atoms with E-state index in [2.05, 4.69) is 29.6 Å². The van der Waals surface area contributed by atoms with Crippen LogP contribution >= 0.6 is 13.5 Å². The first kappa shape index (κ1) is 12.8. The average Bonchev–Trinajstić information content (AvgIpc) is 2.32. The van der Waals surface area contributed by atoms with Gasteiger partial charge in [0.25, 0.3) is 0 Å². The summed E-state index contributed by atoms with van der Waals surface area (Å²) < 4.78 is 0. The number of hydrogen-bond donors (Lipinski definition) is 0. The van der Waals surface area contributed by atoms with Crippen molar-refractivity contribution in [1.82, 2.24) is 5.32 Å². The molecule has 0 aromatic heterocycles. The van der Waals surface area contributed by atoms with E-state index in [0.29, 0.717) is 0 Å². The molecule has 0 bridgehead atoms. The third-order valence-electron chi connectivity index (χ3n) is 2.27. The maximum Gasteiger partial charge on any atom is 0.0388 e. The van der Waals surface area contributed by atoms with Gasteiger partial charge in [0, 0.05) is 13.1 Å². The van der Waals surface area contributed by atoms with Gasteiger partial charge in [-0.3, -0.25) is 0 Å². The van der Waals surface area contributed by atoms with Crippen molar-refractivity contribution in [2.75, 3.05) is 0 Å². The Labute approximate surface area is 104 Å². The van der Waals surface area contributed by atoms with E-state index in [0.717, 1.165) is 13.1 Å². The molecule has 0 spiro atoms. The summed E-state index contributed by atoms with van der Waals surface area (Å²) in [7, 11) is 0. The van der Waals surface area contributed by atoms with Gasteiger partial charge in [-0.05, 0) is 11.1 Å². The molecule has 0 aliphatic heterocycles. The molecule has 1 radical (unpaired) electrons. The molecule has 0 saturated heterocycles. The first-order valence-electron chi connectivity index (χ1n) is 5.16. The van der Waals surface area contributed by atoms with Crippen LogP contribution in [0.25, 0.3) is 0 Å². The van der Waals surface area contributed by atoms with E-state index < -0.39 is 0 Å². The minimum Gasteiger partial charge on any atom is -0.232 e. The molecule has 2 aromatic carbocycles. The fraction of sp³-hybridized carbons (Fsp3) is 0.143. The van der Waals surface area contributed by atoms with Crippen LogP contribution in [0.15, 0.2) is 60.7 Å². The summed E-state index contributed by atoms with van der Waals surface area (Å²) >= 11 is 0. The van der Waals surface area contributed by atoms with Gasteiger partial charge in [0.2, 0.25) is 0 Å². The quantitative estimate of drug-likeness (QED) is 0.766. The Balaban J connectivity index is 0.00000128. The summed E-state index contributed by atoms with van der Waals surface area (Å²) in [5, 5.41) is 4.51. The largest absolute Gasteiger partial charge is 0.232 e. The molecule has 0 aliphatic rings. The molecule has 2 rings (SSSR count). The lowest BCUT2D eigenvalue weighted by Gasteiger charge is -2.02. The van der Waals surface area contributed by atoms with Crippen LogP contribution in [0.3, 0.4) is 0 Å². The molecule has 83 valence electrons. The summed E-state index contributed by atoms with van der Waals surface area (Å²) in [6.07, 6.45) is 0. The minimum absolute atomic E-state index is 0. The zero-order valence-electron chi connectivity index (χ0n) is 9.13. The number of nitrogens with zero attached hydrogens (tertiary/aromatic N) is 1. The number of hydrogen-bond acceptors (Lipinski definition) is 0. The highest BCUT2D eigenvalue weighted by atomic mass is 32.1. The van der Waals surface area contributed by atoms with Gasteiger partial charge in [-0.25, -0.2) is 5.32 Å². The van der Waals surface area contributed by atoms with E-state index in [1.165, 1.54) is 11.1 Å². The van der Waals surface area contributed by atoms with E-state index in [1.54, 1.807) is 0 Å². The van der Waals surface area contributed by atoms with Gasteiger partial charge in [0.05, 0.1) is 0 Å². The highest BCUT2D eigenvalue weighted by Crippen LogP contribution is 2.01. The molecule has 1 nitrogen and oxygen atoms in total. The molecule has 0 fully saturated rings. The predicted octanol–water partition coefficient (Wildman–Crippen LogP) is 3.10. The van der Waals surface area contributed by atoms with Crippen LogP contribution in [0.5, 0.6) is 0 Å². The molecule has 2 heteroatoms. The van der Waals surface area contributed by atoms with Crippen LogP contribution < -0.4 is 5.32 Å². The Hall–Kier alpha value is -1.25. The van der Waals surface area contributed by atoms with Crippen LogP contribution in [-0.2, 0) is 13.1 Å². The van der Waals surface area contributed by atoms with Crippen molar-refractivity contribution in [2.45, 2.75) is 13.1 Å². The van der Waals surface area contributed by atoms with E-state index in [-0.39, 0.29) is 13.5 Å². The zero-order valence-corrected chi connectivity index (χ0v) is 10.1. The fourth-order valence-corrected chi connectivity index (χ4v) is 1.48. The first-order valence-corrected chi connectivity index (χ1v) is 5.16. The van der Waals surface area contributed by atoms with Crippen LogP contribution in [0.4, 0.5) is 0 Å². The molecule has 0 N–H and O–H groups in total. The summed E-state index contributed by atoms with van der Waals surface area (Å²) in [6, 6.07) is 20.7. The van der Waals surface area contributed by atoms with Crippen molar-refractivity contribution >= 4 is 13.5 Å². The van der Waals surface area contributed by atoms with Crippen molar-refractivity contribution < 1.29 is 0 Å². The van der Waals surface area contributed by atoms with Gasteiger partial charge >= 0.3 is 0 Å². The molecule has 0 amide bonds. The maximum absolute atomic E-state index is 4.51.